The number of methoxy groups -OCH3 is 1. The first-order valence-electron chi connectivity index (χ1n) is 5.42. The molecule has 0 aliphatic carbocycles. The number of hydrogen-bond donors (Lipinski definition) is 1. The van der Waals surface area contributed by atoms with Crippen molar-refractivity contribution in [3.63, 3.8) is 0 Å². The van der Waals surface area contributed by atoms with Gasteiger partial charge in [-0.2, -0.15) is 0 Å². The molecule has 0 saturated heterocycles. The van der Waals surface area contributed by atoms with Crippen molar-refractivity contribution in [2.75, 3.05) is 21.2 Å². The first-order chi connectivity index (χ1) is 8.93. The summed E-state index contributed by atoms with van der Waals surface area (Å²) in [6.07, 6.45) is 1.91. The fraction of sp³-hybridized carbons (Fsp3) is 0.231. The van der Waals surface area contributed by atoms with Gasteiger partial charge in [0.2, 0.25) is 0 Å². The van der Waals surface area contributed by atoms with E-state index in [1.165, 1.54) is 18.1 Å². The Morgan fingerprint density at radius 3 is 2.47 bits per heavy atom. The molecule has 1 aromatic carbocycles. The molecule has 6 nitrogen and oxygen atoms in total. The smallest absolute Gasteiger partial charge is 0.414 e. The Hall–Kier alpha value is -2.50. The molecule has 0 saturated carbocycles. The highest BCUT2D eigenvalue weighted by atomic mass is 16.6. The number of nitrogens with zero attached hydrogens (tertiary/aromatic N) is 1. The average Bonchev–Trinajstić information content (AvgIpc) is 2.37. The van der Waals surface area contributed by atoms with Crippen LogP contribution in [0.1, 0.15) is 5.56 Å². The highest BCUT2D eigenvalue weighted by Gasteiger charge is 2.11. The second-order valence-corrected chi connectivity index (χ2v) is 3.84. The van der Waals surface area contributed by atoms with Gasteiger partial charge in [-0.1, -0.05) is 6.07 Å². The number of rotatable bonds is 4. The topological polar surface area (TPSA) is 76.1 Å². The van der Waals surface area contributed by atoms with Crippen LogP contribution in [-0.2, 0) is 4.79 Å². The van der Waals surface area contributed by atoms with E-state index in [1.807, 2.05) is 0 Å². The minimum Gasteiger partial charge on any atom is -0.493 e. The second kappa shape index (κ2) is 6.44. The Morgan fingerprint density at radius 1 is 1.26 bits per heavy atom. The third kappa shape index (κ3) is 4.34. The maximum atomic E-state index is 11.4. The predicted octanol–water partition coefficient (Wildman–Crippen LogP) is 1.85. The van der Waals surface area contributed by atoms with E-state index in [9.17, 15) is 9.59 Å². The van der Waals surface area contributed by atoms with E-state index in [4.69, 9.17) is 14.6 Å². The molecule has 0 atom stereocenters. The minimum atomic E-state index is -1.04. The van der Waals surface area contributed by atoms with E-state index >= 15 is 0 Å². The van der Waals surface area contributed by atoms with E-state index in [0.717, 1.165) is 6.08 Å². The Kier molecular flexibility index (Phi) is 4.93. The van der Waals surface area contributed by atoms with E-state index in [0.29, 0.717) is 11.3 Å². The molecule has 1 amide bonds. The molecule has 0 spiro atoms. The van der Waals surface area contributed by atoms with Gasteiger partial charge in [-0.05, 0) is 23.8 Å². The van der Waals surface area contributed by atoms with Crippen molar-refractivity contribution in [2.45, 2.75) is 0 Å². The molecule has 0 heterocycles. The van der Waals surface area contributed by atoms with Crippen molar-refractivity contribution < 1.29 is 24.2 Å². The van der Waals surface area contributed by atoms with Gasteiger partial charge < -0.3 is 19.5 Å². The zero-order valence-corrected chi connectivity index (χ0v) is 10.9. The van der Waals surface area contributed by atoms with Crippen molar-refractivity contribution in [2.24, 2.45) is 0 Å². The molecule has 1 aromatic rings. The standard InChI is InChI=1S/C13H15NO5/c1-14(2)13(17)19-10-6-4-9(5-7-12(15)16)8-11(10)18-3/h4-8H,1-3H3,(H,15,16)/b7-5+. The zero-order valence-electron chi connectivity index (χ0n) is 10.9. The number of amides is 1. The molecule has 1 rings (SSSR count). The van der Waals surface area contributed by atoms with Crippen molar-refractivity contribution in [3.8, 4) is 11.5 Å². The monoisotopic (exact) mass is 265 g/mol. The number of aliphatic carboxylic acids is 1. The molecule has 0 aliphatic rings. The summed E-state index contributed by atoms with van der Waals surface area (Å²) in [4.78, 5) is 23.1. The summed E-state index contributed by atoms with van der Waals surface area (Å²) in [6.45, 7) is 0. The van der Waals surface area contributed by atoms with Crippen LogP contribution in [0.25, 0.3) is 6.08 Å². The predicted molar refractivity (Wildman–Crippen MR) is 69.4 cm³/mol. The molecular formula is C13H15NO5. The number of carbonyl (C=O) groups is 2. The normalized spacial score (nSPS) is 10.3. The largest absolute Gasteiger partial charge is 0.493 e. The summed E-state index contributed by atoms with van der Waals surface area (Å²) in [6, 6.07) is 4.75. The summed E-state index contributed by atoms with van der Waals surface area (Å²) >= 11 is 0. The minimum absolute atomic E-state index is 0.272. The van der Waals surface area contributed by atoms with Crippen LogP contribution < -0.4 is 9.47 Å². The highest BCUT2D eigenvalue weighted by Crippen LogP contribution is 2.28. The lowest BCUT2D eigenvalue weighted by atomic mass is 10.2. The molecule has 0 fully saturated rings. The molecule has 0 bridgehead atoms. The Bertz CT molecular complexity index is 508. The van der Waals surface area contributed by atoms with Gasteiger partial charge in [-0.3, -0.25) is 0 Å². The lowest BCUT2D eigenvalue weighted by molar-refractivity contribution is -0.131. The SMILES string of the molecule is COc1cc(/C=C/C(=O)O)ccc1OC(=O)N(C)C. The Labute approximate surface area is 110 Å². The zero-order chi connectivity index (χ0) is 14.4. The number of benzene rings is 1. The van der Waals surface area contributed by atoms with Gasteiger partial charge in [0, 0.05) is 20.2 Å². The third-order valence-electron chi connectivity index (χ3n) is 2.17. The molecule has 0 aliphatic heterocycles. The molecule has 0 unspecified atom stereocenters. The van der Waals surface area contributed by atoms with Gasteiger partial charge in [-0.15, -0.1) is 0 Å². The van der Waals surface area contributed by atoms with E-state index in [-0.39, 0.29) is 5.75 Å². The van der Waals surface area contributed by atoms with Crippen LogP contribution >= 0.6 is 0 Å². The lowest BCUT2D eigenvalue weighted by Crippen LogP contribution is -2.25. The summed E-state index contributed by atoms with van der Waals surface area (Å²) in [5, 5.41) is 8.54. The number of carbonyl (C=O) groups excluding carboxylic acids is 1. The summed E-state index contributed by atoms with van der Waals surface area (Å²) in [5.74, 6) is -0.418. The first-order valence-corrected chi connectivity index (χ1v) is 5.42. The Balaban J connectivity index is 2.96. The van der Waals surface area contributed by atoms with Crippen LogP contribution in [0, 0.1) is 0 Å². The van der Waals surface area contributed by atoms with Gasteiger partial charge in [0.05, 0.1) is 7.11 Å². The van der Waals surface area contributed by atoms with E-state index in [1.54, 1.807) is 32.3 Å². The number of hydrogen-bond acceptors (Lipinski definition) is 4. The van der Waals surface area contributed by atoms with Crippen LogP contribution in [0.3, 0.4) is 0 Å². The van der Waals surface area contributed by atoms with Crippen LogP contribution in [0.4, 0.5) is 4.79 Å². The van der Waals surface area contributed by atoms with Gasteiger partial charge >= 0.3 is 12.1 Å². The number of ether oxygens (including phenoxy) is 2. The number of carboxylic acid groups (broad SMARTS) is 1. The van der Waals surface area contributed by atoms with Crippen LogP contribution in [0.15, 0.2) is 24.3 Å². The summed E-state index contributed by atoms with van der Waals surface area (Å²) < 4.78 is 10.2. The van der Waals surface area contributed by atoms with Crippen molar-refractivity contribution in [3.05, 3.63) is 29.8 Å². The molecular weight excluding hydrogens is 250 g/mol. The highest BCUT2D eigenvalue weighted by molar-refractivity contribution is 5.85. The molecule has 1 N–H and O–H groups in total. The quantitative estimate of drug-likeness (QED) is 0.841. The molecule has 6 heteroatoms. The van der Waals surface area contributed by atoms with Crippen molar-refractivity contribution >= 4 is 18.1 Å². The van der Waals surface area contributed by atoms with Gasteiger partial charge in [0.1, 0.15) is 0 Å². The molecule has 19 heavy (non-hydrogen) atoms. The second-order valence-electron chi connectivity index (χ2n) is 3.84. The van der Waals surface area contributed by atoms with E-state index in [2.05, 4.69) is 0 Å². The first kappa shape index (κ1) is 14.6. The van der Waals surface area contributed by atoms with Gasteiger partial charge in [0.25, 0.3) is 0 Å². The molecule has 0 radical (unpaired) electrons. The van der Waals surface area contributed by atoms with Crippen LogP contribution in [0.2, 0.25) is 0 Å². The van der Waals surface area contributed by atoms with Gasteiger partial charge in [0.15, 0.2) is 11.5 Å². The Morgan fingerprint density at radius 2 is 1.95 bits per heavy atom. The summed E-state index contributed by atoms with van der Waals surface area (Å²) in [7, 11) is 4.57. The molecule has 102 valence electrons. The maximum Gasteiger partial charge on any atom is 0.414 e. The van der Waals surface area contributed by atoms with Crippen molar-refractivity contribution in [1.82, 2.24) is 4.90 Å². The van der Waals surface area contributed by atoms with Gasteiger partial charge in [-0.25, -0.2) is 9.59 Å². The summed E-state index contributed by atoms with van der Waals surface area (Å²) in [5.41, 5.74) is 0.629. The van der Waals surface area contributed by atoms with E-state index < -0.39 is 12.1 Å². The average molecular weight is 265 g/mol. The number of carboxylic acids is 1. The fourth-order valence-electron chi connectivity index (χ4n) is 1.23. The molecule has 0 aromatic heterocycles. The van der Waals surface area contributed by atoms with Crippen molar-refractivity contribution in [1.29, 1.82) is 0 Å². The third-order valence-corrected chi connectivity index (χ3v) is 2.17. The van der Waals surface area contributed by atoms with Crippen LogP contribution in [-0.4, -0.2) is 43.3 Å². The van der Waals surface area contributed by atoms with Crippen LogP contribution in [0.5, 0.6) is 11.5 Å². The fourth-order valence-corrected chi connectivity index (χ4v) is 1.23. The maximum absolute atomic E-state index is 11.4. The lowest BCUT2D eigenvalue weighted by Gasteiger charge is -2.13.